The van der Waals surface area contributed by atoms with Crippen molar-refractivity contribution in [2.45, 2.75) is 0 Å². The molecule has 2 heterocycles. The monoisotopic (exact) mass is 394 g/mol. The van der Waals surface area contributed by atoms with E-state index < -0.39 is 5.82 Å². The van der Waals surface area contributed by atoms with Gasteiger partial charge in [0.25, 0.3) is 5.91 Å². The van der Waals surface area contributed by atoms with E-state index in [9.17, 15) is 14.0 Å². The zero-order chi connectivity index (χ0) is 19.5. The predicted molar refractivity (Wildman–Crippen MR) is 109 cm³/mol. The first kappa shape index (κ1) is 18.4. The molecule has 3 aromatic rings. The highest BCUT2D eigenvalue weighted by molar-refractivity contribution is 7.12. The summed E-state index contributed by atoms with van der Waals surface area (Å²) in [7, 11) is 0. The third kappa shape index (κ3) is 3.82. The molecule has 0 saturated carbocycles. The Morgan fingerprint density at radius 1 is 0.857 bits per heavy atom. The molecule has 0 aliphatic carbocycles. The van der Waals surface area contributed by atoms with Crippen molar-refractivity contribution in [3.8, 4) is 0 Å². The van der Waals surface area contributed by atoms with Crippen LogP contribution in [0.3, 0.4) is 0 Å². The molecule has 1 aliphatic heterocycles. The molecule has 1 aliphatic rings. The second-order valence-electron chi connectivity index (χ2n) is 6.64. The average Bonchev–Trinajstić information content (AvgIpc) is 3.28. The van der Waals surface area contributed by atoms with Gasteiger partial charge < -0.3 is 9.80 Å². The van der Waals surface area contributed by atoms with Crippen LogP contribution < -0.4 is 4.90 Å². The number of anilines is 1. The fourth-order valence-electron chi connectivity index (χ4n) is 3.34. The minimum Gasteiger partial charge on any atom is -0.368 e. The van der Waals surface area contributed by atoms with E-state index in [1.807, 2.05) is 34.5 Å². The summed E-state index contributed by atoms with van der Waals surface area (Å²) in [6, 6.07) is 16.8. The summed E-state index contributed by atoms with van der Waals surface area (Å²) in [6.45, 7) is 2.82. The molecule has 0 radical (unpaired) electrons. The number of hydrogen-bond donors (Lipinski definition) is 0. The van der Waals surface area contributed by atoms with Crippen LogP contribution in [0.15, 0.2) is 66.0 Å². The normalized spacial score (nSPS) is 14.2. The van der Waals surface area contributed by atoms with Crippen LogP contribution in [0.5, 0.6) is 0 Å². The van der Waals surface area contributed by atoms with Crippen LogP contribution in [0.1, 0.15) is 25.6 Å². The van der Waals surface area contributed by atoms with Gasteiger partial charge in [0, 0.05) is 43.0 Å². The second-order valence-corrected chi connectivity index (χ2v) is 7.59. The first-order valence-electron chi connectivity index (χ1n) is 9.10. The standard InChI is InChI=1S/C22H19FN2O2S/c23-18-4-1-3-17(15-18)21(26)16-6-8-19(9-7-16)24-10-12-25(13-11-24)22(27)20-5-2-14-28-20/h1-9,14-15H,10-13H2. The van der Waals surface area contributed by atoms with Crippen molar-refractivity contribution in [2.75, 3.05) is 31.1 Å². The molecule has 0 spiro atoms. The summed E-state index contributed by atoms with van der Waals surface area (Å²) >= 11 is 1.46. The topological polar surface area (TPSA) is 40.6 Å². The molecular weight excluding hydrogens is 375 g/mol. The quantitative estimate of drug-likeness (QED) is 0.626. The van der Waals surface area contributed by atoms with Gasteiger partial charge >= 0.3 is 0 Å². The largest absolute Gasteiger partial charge is 0.368 e. The molecule has 1 saturated heterocycles. The number of benzene rings is 2. The fraction of sp³-hybridized carbons (Fsp3) is 0.182. The van der Waals surface area contributed by atoms with E-state index in [0.29, 0.717) is 24.2 Å². The Hall–Kier alpha value is -2.99. The molecule has 0 unspecified atom stereocenters. The number of halogens is 1. The van der Waals surface area contributed by atoms with Crippen LogP contribution >= 0.6 is 11.3 Å². The summed E-state index contributed by atoms with van der Waals surface area (Å²) in [5.74, 6) is -0.527. The zero-order valence-electron chi connectivity index (χ0n) is 15.2. The van der Waals surface area contributed by atoms with Gasteiger partial charge in [-0.05, 0) is 47.8 Å². The first-order chi connectivity index (χ1) is 13.6. The van der Waals surface area contributed by atoms with Gasteiger partial charge in [-0.3, -0.25) is 9.59 Å². The van der Waals surface area contributed by atoms with Gasteiger partial charge in [0.2, 0.25) is 0 Å². The van der Waals surface area contributed by atoms with E-state index in [2.05, 4.69) is 4.90 Å². The van der Waals surface area contributed by atoms with Gasteiger partial charge in [-0.15, -0.1) is 11.3 Å². The molecule has 1 amide bonds. The highest BCUT2D eigenvalue weighted by atomic mass is 32.1. The lowest BCUT2D eigenvalue weighted by atomic mass is 10.0. The predicted octanol–water partition coefficient (Wildman–Crippen LogP) is 4.08. The molecule has 1 fully saturated rings. The molecule has 0 atom stereocenters. The number of carbonyl (C=O) groups excluding carboxylic acids is 2. The highest BCUT2D eigenvalue weighted by Gasteiger charge is 2.23. The summed E-state index contributed by atoms with van der Waals surface area (Å²) in [4.78, 5) is 29.8. The Morgan fingerprint density at radius 2 is 1.61 bits per heavy atom. The van der Waals surface area contributed by atoms with Gasteiger partial charge in [-0.2, -0.15) is 0 Å². The molecule has 4 nitrogen and oxygen atoms in total. The molecule has 1 aromatic heterocycles. The smallest absolute Gasteiger partial charge is 0.264 e. The average molecular weight is 394 g/mol. The third-order valence-corrected chi connectivity index (χ3v) is 5.74. The van der Waals surface area contributed by atoms with Crippen molar-refractivity contribution < 1.29 is 14.0 Å². The molecule has 0 N–H and O–H groups in total. The number of amides is 1. The van der Waals surface area contributed by atoms with E-state index in [1.54, 1.807) is 18.2 Å². The Morgan fingerprint density at radius 3 is 2.25 bits per heavy atom. The fourth-order valence-corrected chi connectivity index (χ4v) is 4.03. The Bertz CT molecular complexity index is 978. The summed E-state index contributed by atoms with van der Waals surface area (Å²) < 4.78 is 13.3. The number of ketones is 1. The maximum Gasteiger partial charge on any atom is 0.264 e. The molecule has 28 heavy (non-hydrogen) atoms. The second kappa shape index (κ2) is 7.94. The molecule has 142 valence electrons. The van der Waals surface area contributed by atoms with Gasteiger partial charge in [-0.1, -0.05) is 18.2 Å². The van der Waals surface area contributed by atoms with Gasteiger partial charge in [0.1, 0.15) is 5.82 Å². The molecular formula is C22H19FN2O2S. The van der Waals surface area contributed by atoms with Crippen LogP contribution in [-0.4, -0.2) is 42.8 Å². The summed E-state index contributed by atoms with van der Waals surface area (Å²) in [6.07, 6.45) is 0. The maximum atomic E-state index is 13.3. The number of thiophene rings is 1. The highest BCUT2D eigenvalue weighted by Crippen LogP contribution is 2.21. The van der Waals surface area contributed by atoms with E-state index in [-0.39, 0.29) is 11.7 Å². The van der Waals surface area contributed by atoms with Crippen molar-refractivity contribution in [2.24, 2.45) is 0 Å². The van der Waals surface area contributed by atoms with E-state index >= 15 is 0 Å². The van der Waals surface area contributed by atoms with Gasteiger partial charge in [0.05, 0.1) is 4.88 Å². The number of nitrogens with zero attached hydrogens (tertiary/aromatic N) is 2. The number of piperazine rings is 1. The molecule has 2 aromatic carbocycles. The van der Waals surface area contributed by atoms with Crippen molar-refractivity contribution in [3.05, 3.63) is 87.9 Å². The zero-order valence-corrected chi connectivity index (χ0v) is 16.0. The minimum absolute atomic E-state index is 0.0886. The number of hydrogen-bond acceptors (Lipinski definition) is 4. The molecule has 4 rings (SSSR count). The van der Waals surface area contributed by atoms with Crippen molar-refractivity contribution >= 4 is 28.7 Å². The van der Waals surface area contributed by atoms with Crippen LogP contribution in [0.4, 0.5) is 10.1 Å². The van der Waals surface area contributed by atoms with Gasteiger partial charge in [-0.25, -0.2) is 4.39 Å². The van der Waals surface area contributed by atoms with Crippen LogP contribution in [-0.2, 0) is 0 Å². The SMILES string of the molecule is O=C(c1ccc(N2CCN(C(=O)c3cccs3)CC2)cc1)c1cccc(F)c1. The number of carbonyl (C=O) groups is 2. The molecule has 6 heteroatoms. The lowest BCUT2D eigenvalue weighted by Gasteiger charge is -2.36. The summed E-state index contributed by atoms with van der Waals surface area (Å²) in [5, 5.41) is 1.91. The van der Waals surface area contributed by atoms with Crippen LogP contribution in [0.25, 0.3) is 0 Å². The number of rotatable bonds is 4. The third-order valence-electron chi connectivity index (χ3n) is 4.88. The Kier molecular flexibility index (Phi) is 5.21. The van der Waals surface area contributed by atoms with Crippen molar-refractivity contribution in [3.63, 3.8) is 0 Å². The van der Waals surface area contributed by atoms with Crippen LogP contribution in [0, 0.1) is 5.82 Å². The van der Waals surface area contributed by atoms with Crippen molar-refractivity contribution in [1.29, 1.82) is 0 Å². The van der Waals surface area contributed by atoms with Gasteiger partial charge in [0.15, 0.2) is 5.78 Å². The molecule has 0 bridgehead atoms. The first-order valence-corrected chi connectivity index (χ1v) is 9.98. The Balaban J connectivity index is 1.40. The van der Waals surface area contributed by atoms with Crippen LogP contribution in [0.2, 0.25) is 0 Å². The van der Waals surface area contributed by atoms with E-state index in [1.165, 1.54) is 29.5 Å². The lowest BCUT2D eigenvalue weighted by molar-refractivity contribution is 0.0751. The maximum absolute atomic E-state index is 13.3. The summed E-state index contributed by atoms with van der Waals surface area (Å²) in [5.41, 5.74) is 1.88. The van der Waals surface area contributed by atoms with E-state index in [4.69, 9.17) is 0 Å². The van der Waals surface area contributed by atoms with E-state index in [0.717, 1.165) is 23.7 Å². The lowest BCUT2D eigenvalue weighted by Crippen LogP contribution is -2.48. The Labute approximate surface area is 166 Å². The minimum atomic E-state index is -0.419. The van der Waals surface area contributed by atoms with Crippen molar-refractivity contribution in [1.82, 2.24) is 4.90 Å².